The summed E-state index contributed by atoms with van der Waals surface area (Å²) in [6.07, 6.45) is 3.09. The van der Waals surface area contributed by atoms with Crippen molar-refractivity contribution in [2.24, 2.45) is 0 Å². The Kier molecular flexibility index (Phi) is 4.94. The molecule has 24 heavy (non-hydrogen) atoms. The van der Waals surface area contributed by atoms with E-state index >= 15 is 0 Å². The SMILES string of the molecule is CCOC(=O)Cc1c(OC(=O)c2ccccc2)ccc2c1CCC2. The molecule has 0 saturated carbocycles. The van der Waals surface area contributed by atoms with Crippen molar-refractivity contribution >= 4 is 11.9 Å². The lowest BCUT2D eigenvalue weighted by Gasteiger charge is -2.14. The molecule has 0 saturated heterocycles. The molecule has 0 aliphatic heterocycles. The van der Waals surface area contributed by atoms with Crippen LogP contribution in [0.25, 0.3) is 0 Å². The summed E-state index contributed by atoms with van der Waals surface area (Å²) in [6, 6.07) is 12.6. The second-order valence-corrected chi connectivity index (χ2v) is 5.77. The number of hydrogen-bond acceptors (Lipinski definition) is 4. The Morgan fingerprint density at radius 1 is 1.04 bits per heavy atom. The summed E-state index contributed by atoms with van der Waals surface area (Å²) in [5, 5.41) is 0. The van der Waals surface area contributed by atoms with Crippen LogP contribution >= 0.6 is 0 Å². The van der Waals surface area contributed by atoms with Gasteiger partial charge in [0.15, 0.2) is 0 Å². The fraction of sp³-hybridized carbons (Fsp3) is 0.300. The predicted molar refractivity (Wildman–Crippen MR) is 90.2 cm³/mol. The van der Waals surface area contributed by atoms with Crippen molar-refractivity contribution in [1.82, 2.24) is 0 Å². The fourth-order valence-corrected chi connectivity index (χ4v) is 3.10. The Hall–Kier alpha value is -2.62. The Balaban J connectivity index is 1.89. The van der Waals surface area contributed by atoms with E-state index in [9.17, 15) is 9.59 Å². The van der Waals surface area contributed by atoms with Gasteiger partial charge in [-0.1, -0.05) is 24.3 Å². The lowest BCUT2D eigenvalue weighted by atomic mass is 9.99. The molecule has 2 aromatic rings. The van der Waals surface area contributed by atoms with Gasteiger partial charge < -0.3 is 9.47 Å². The molecule has 0 unspecified atom stereocenters. The van der Waals surface area contributed by atoms with E-state index in [1.165, 1.54) is 5.56 Å². The molecule has 3 rings (SSSR count). The van der Waals surface area contributed by atoms with Crippen molar-refractivity contribution in [2.75, 3.05) is 6.61 Å². The van der Waals surface area contributed by atoms with Gasteiger partial charge in [0.2, 0.25) is 0 Å². The molecule has 0 amide bonds. The summed E-state index contributed by atoms with van der Waals surface area (Å²) in [6.45, 7) is 2.12. The number of carbonyl (C=O) groups is 2. The minimum atomic E-state index is -0.418. The van der Waals surface area contributed by atoms with Crippen LogP contribution in [0.3, 0.4) is 0 Å². The fourth-order valence-electron chi connectivity index (χ4n) is 3.10. The van der Waals surface area contributed by atoms with Crippen LogP contribution in [0.1, 0.15) is 40.4 Å². The first-order valence-corrected chi connectivity index (χ1v) is 8.25. The molecule has 0 aromatic heterocycles. The molecule has 0 bridgehead atoms. The molecule has 0 radical (unpaired) electrons. The van der Waals surface area contributed by atoms with Crippen molar-refractivity contribution in [2.45, 2.75) is 32.6 Å². The first-order valence-electron chi connectivity index (χ1n) is 8.25. The maximum absolute atomic E-state index is 12.3. The topological polar surface area (TPSA) is 52.6 Å². The van der Waals surface area contributed by atoms with E-state index in [-0.39, 0.29) is 12.4 Å². The number of esters is 2. The number of aryl methyl sites for hydroxylation is 1. The van der Waals surface area contributed by atoms with Crippen molar-refractivity contribution in [3.8, 4) is 5.75 Å². The monoisotopic (exact) mass is 324 g/mol. The van der Waals surface area contributed by atoms with Crippen LogP contribution in [0.2, 0.25) is 0 Å². The average molecular weight is 324 g/mol. The molecule has 1 aliphatic rings. The maximum Gasteiger partial charge on any atom is 0.343 e. The molecule has 4 nitrogen and oxygen atoms in total. The van der Waals surface area contributed by atoms with Gasteiger partial charge in [0.05, 0.1) is 18.6 Å². The number of fused-ring (bicyclic) bond motifs is 1. The number of hydrogen-bond donors (Lipinski definition) is 0. The van der Waals surface area contributed by atoms with Gasteiger partial charge in [-0.2, -0.15) is 0 Å². The van der Waals surface area contributed by atoms with Gasteiger partial charge in [-0.05, 0) is 55.5 Å². The number of benzene rings is 2. The summed E-state index contributed by atoms with van der Waals surface area (Å²) < 4.78 is 10.7. The second-order valence-electron chi connectivity index (χ2n) is 5.77. The quantitative estimate of drug-likeness (QED) is 0.624. The molecule has 0 fully saturated rings. The van der Waals surface area contributed by atoms with Crippen LogP contribution in [0, 0.1) is 0 Å². The van der Waals surface area contributed by atoms with Gasteiger partial charge in [-0.25, -0.2) is 4.79 Å². The van der Waals surface area contributed by atoms with Gasteiger partial charge in [0, 0.05) is 5.56 Å². The number of rotatable bonds is 5. The Labute approximate surface area is 141 Å². The highest BCUT2D eigenvalue weighted by Gasteiger charge is 2.22. The number of carbonyl (C=O) groups excluding carboxylic acids is 2. The zero-order valence-electron chi connectivity index (χ0n) is 13.7. The number of ether oxygens (including phenoxy) is 2. The van der Waals surface area contributed by atoms with Gasteiger partial charge in [-0.3, -0.25) is 4.79 Å². The predicted octanol–water partition coefficient (Wildman–Crippen LogP) is 3.50. The lowest BCUT2D eigenvalue weighted by Crippen LogP contribution is -2.14. The highest BCUT2D eigenvalue weighted by molar-refractivity contribution is 5.91. The first-order chi connectivity index (χ1) is 11.7. The van der Waals surface area contributed by atoms with E-state index in [1.807, 2.05) is 12.1 Å². The molecule has 0 N–H and O–H groups in total. The smallest absolute Gasteiger partial charge is 0.343 e. The van der Waals surface area contributed by atoms with E-state index in [4.69, 9.17) is 9.47 Å². The van der Waals surface area contributed by atoms with Crippen molar-refractivity contribution < 1.29 is 19.1 Å². The standard InChI is InChI=1S/C20H20O4/c1-2-23-19(21)13-17-16-10-6-9-14(16)11-12-18(17)24-20(22)15-7-4-3-5-8-15/h3-5,7-8,11-12H,2,6,9-10,13H2,1H3. The molecule has 124 valence electrons. The minimum absolute atomic E-state index is 0.133. The third kappa shape index (κ3) is 3.48. The Bertz CT molecular complexity index is 750. The van der Waals surface area contributed by atoms with Gasteiger partial charge in [-0.15, -0.1) is 0 Å². The van der Waals surface area contributed by atoms with Crippen LogP contribution in [0.5, 0.6) is 5.75 Å². The molecule has 1 aliphatic carbocycles. The molecule has 0 atom stereocenters. The van der Waals surface area contributed by atoms with Gasteiger partial charge in [0.1, 0.15) is 5.75 Å². The van der Waals surface area contributed by atoms with E-state index in [0.717, 1.165) is 30.4 Å². The summed E-state index contributed by atoms with van der Waals surface area (Å²) >= 11 is 0. The maximum atomic E-state index is 12.3. The zero-order valence-corrected chi connectivity index (χ0v) is 13.7. The highest BCUT2D eigenvalue weighted by Crippen LogP contribution is 2.33. The Morgan fingerprint density at radius 2 is 1.83 bits per heavy atom. The molecule has 4 heteroatoms. The summed E-state index contributed by atoms with van der Waals surface area (Å²) in [4.78, 5) is 24.3. The Morgan fingerprint density at radius 3 is 2.58 bits per heavy atom. The summed E-state index contributed by atoms with van der Waals surface area (Å²) in [5.74, 6) is -0.258. The largest absolute Gasteiger partial charge is 0.466 e. The van der Waals surface area contributed by atoms with E-state index in [2.05, 4.69) is 0 Å². The summed E-state index contributed by atoms with van der Waals surface area (Å²) in [5.41, 5.74) is 3.63. The van der Waals surface area contributed by atoms with E-state index < -0.39 is 5.97 Å². The normalized spacial score (nSPS) is 12.5. The van der Waals surface area contributed by atoms with E-state index in [0.29, 0.717) is 17.9 Å². The molecular formula is C20H20O4. The van der Waals surface area contributed by atoms with Crippen LogP contribution in [-0.2, 0) is 28.8 Å². The van der Waals surface area contributed by atoms with Crippen LogP contribution < -0.4 is 4.74 Å². The van der Waals surface area contributed by atoms with Gasteiger partial charge >= 0.3 is 11.9 Å². The van der Waals surface area contributed by atoms with Gasteiger partial charge in [0.25, 0.3) is 0 Å². The first kappa shape index (κ1) is 16.2. The van der Waals surface area contributed by atoms with Crippen LogP contribution in [0.15, 0.2) is 42.5 Å². The molecule has 2 aromatic carbocycles. The average Bonchev–Trinajstić information content (AvgIpc) is 3.07. The van der Waals surface area contributed by atoms with Crippen molar-refractivity contribution in [1.29, 1.82) is 0 Å². The third-order valence-electron chi connectivity index (χ3n) is 4.20. The van der Waals surface area contributed by atoms with Crippen molar-refractivity contribution in [3.05, 3.63) is 64.7 Å². The van der Waals surface area contributed by atoms with Crippen molar-refractivity contribution in [3.63, 3.8) is 0 Å². The second kappa shape index (κ2) is 7.30. The lowest BCUT2D eigenvalue weighted by molar-refractivity contribution is -0.142. The molecule has 0 heterocycles. The van der Waals surface area contributed by atoms with Crippen LogP contribution in [-0.4, -0.2) is 18.5 Å². The minimum Gasteiger partial charge on any atom is -0.466 e. The summed E-state index contributed by atoms with van der Waals surface area (Å²) in [7, 11) is 0. The molecular weight excluding hydrogens is 304 g/mol. The highest BCUT2D eigenvalue weighted by atomic mass is 16.5. The third-order valence-corrected chi connectivity index (χ3v) is 4.20. The zero-order chi connectivity index (χ0) is 16.9. The molecule has 0 spiro atoms. The van der Waals surface area contributed by atoms with E-state index in [1.54, 1.807) is 37.3 Å². The van der Waals surface area contributed by atoms with Crippen LogP contribution in [0.4, 0.5) is 0 Å².